The number of hydrogen-bond acceptors (Lipinski definition) is 10. The number of nitro groups is 2. The summed E-state index contributed by atoms with van der Waals surface area (Å²) in [7, 11) is 1.45. The summed E-state index contributed by atoms with van der Waals surface area (Å²) in [6, 6.07) is 11.6. The summed E-state index contributed by atoms with van der Waals surface area (Å²) in [4.78, 5) is 41.0. The quantitative estimate of drug-likeness (QED) is 0.359. The molecule has 1 aromatic heterocycles. The van der Waals surface area contributed by atoms with Crippen molar-refractivity contribution in [3.05, 3.63) is 80.7 Å². The van der Waals surface area contributed by atoms with E-state index in [1.165, 1.54) is 19.2 Å². The van der Waals surface area contributed by atoms with Crippen LogP contribution in [-0.4, -0.2) is 32.8 Å². The lowest BCUT2D eigenvalue weighted by molar-refractivity contribution is -0.384. The van der Waals surface area contributed by atoms with Gasteiger partial charge < -0.3 is 10.1 Å². The van der Waals surface area contributed by atoms with E-state index in [9.17, 15) is 25.0 Å². The summed E-state index contributed by atoms with van der Waals surface area (Å²) >= 11 is 0. The molecule has 13 nitrogen and oxygen atoms in total. The molecule has 0 bridgehead atoms. The molecule has 1 heterocycles. The molecular weight excluding hydrogens is 410 g/mol. The van der Waals surface area contributed by atoms with Gasteiger partial charge in [-0.15, -0.1) is 0 Å². The molecule has 3 rings (SSSR count). The van der Waals surface area contributed by atoms with Gasteiger partial charge in [0, 0.05) is 17.7 Å². The molecule has 0 saturated carbocycles. The molecule has 0 radical (unpaired) electrons. The third-order valence-electron chi connectivity index (χ3n) is 4.00. The van der Waals surface area contributed by atoms with Gasteiger partial charge in [0.1, 0.15) is 12.1 Å². The smallest absolute Gasteiger partial charge is 0.355 e. The monoisotopic (exact) mass is 425 g/mol. The summed E-state index contributed by atoms with van der Waals surface area (Å²) in [5.41, 5.74) is 4.50. The predicted octanol–water partition coefficient (Wildman–Crippen LogP) is 2.80. The summed E-state index contributed by atoms with van der Waals surface area (Å²) in [6.45, 7) is 0. The molecule has 3 N–H and O–H groups in total. The van der Waals surface area contributed by atoms with Gasteiger partial charge in [0.2, 0.25) is 11.6 Å². The van der Waals surface area contributed by atoms with Gasteiger partial charge in [-0.05, 0) is 24.3 Å². The van der Waals surface area contributed by atoms with Gasteiger partial charge in [-0.1, -0.05) is 12.1 Å². The SMILES string of the molecule is COc1ccccc1Nc1ncnc(NNC(=O)c2ccc([N+](=O)[O-])cc2)c1[N+](=O)[O-]. The fourth-order valence-electron chi connectivity index (χ4n) is 2.53. The number of aromatic nitrogens is 2. The molecule has 13 heteroatoms. The van der Waals surface area contributed by atoms with Gasteiger partial charge in [-0.25, -0.2) is 9.97 Å². The van der Waals surface area contributed by atoms with E-state index in [-0.39, 0.29) is 22.9 Å². The lowest BCUT2D eigenvalue weighted by atomic mass is 10.2. The third kappa shape index (κ3) is 4.79. The molecular formula is C18H15N7O6. The van der Waals surface area contributed by atoms with Crippen LogP contribution in [0.3, 0.4) is 0 Å². The van der Waals surface area contributed by atoms with Crippen molar-refractivity contribution < 1.29 is 19.4 Å². The number of nitrogens with one attached hydrogen (secondary N) is 3. The number of rotatable bonds is 8. The number of nitrogens with zero attached hydrogens (tertiary/aromatic N) is 4. The molecule has 0 fully saturated rings. The first kappa shape index (κ1) is 20.9. The molecule has 0 atom stereocenters. The minimum absolute atomic E-state index is 0.0992. The van der Waals surface area contributed by atoms with Crippen LogP contribution in [0.15, 0.2) is 54.9 Å². The van der Waals surface area contributed by atoms with Crippen LogP contribution in [0.5, 0.6) is 5.75 Å². The Morgan fingerprint density at radius 1 is 0.968 bits per heavy atom. The molecule has 158 valence electrons. The number of methoxy groups -OCH3 is 1. The Morgan fingerprint density at radius 2 is 1.65 bits per heavy atom. The van der Waals surface area contributed by atoms with E-state index in [2.05, 4.69) is 26.1 Å². The molecule has 0 aliphatic rings. The highest BCUT2D eigenvalue weighted by molar-refractivity contribution is 5.95. The lowest BCUT2D eigenvalue weighted by Gasteiger charge is -2.12. The normalized spacial score (nSPS) is 10.1. The van der Waals surface area contributed by atoms with E-state index in [1.807, 2.05) is 0 Å². The highest BCUT2D eigenvalue weighted by Crippen LogP contribution is 2.33. The van der Waals surface area contributed by atoms with Crippen molar-refractivity contribution in [2.45, 2.75) is 0 Å². The van der Waals surface area contributed by atoms with Gasteiger partial charge in [-0.3, -0.25) is 35.9 Å². The van der Waals surface area contributed by atoms with E-state index in [0.29, 0.717) is 11.4 Å². The average Bonchev–Trinajstić information content (AvgIpc) is 2.77. The van der Waals surface area contributed by atoms with E-state index in [4.69, 9.17) is 4.74 Å². The van der Waals surface area contributed by atoms with Crippen LogP contribution in [0.4, 0.5) is 28.7 Å². The van der Waals surface area contributed by atoms with Crippen molar-refractivity contribution in [3.63, 3.8) is 0 Å². The molecule has 0 unspecified atom stereocenters. The average molecular weight is 425 g/mol. The van der Waals surface area contributed by atoms with Gasteiger partial charge in [0.25, 0.3) is 11.6 Å². The number of nitro benzene ring substituents is 1. The van der Waals surface area contributed by atoms with Crippen LogP contribution in [0.2, 0.25) is 0 Å². The van der Waals surface area contributed by atoms with Crippen LogP contribution in [0, 0.1) is 20.2 Å². The minimum atomic E-state index is -0.710. The third-order valence-corrected chi connectivity index (χ3v) is 4.00. The Hall–Kier alpha value is -4.81. The zero-order chi connectivity index (χ0) is 22.4. The Bertz CT molecular complexity index is 1140. The number of amides is 1. The van der Waals surface area contributed by atoms with E-state index in [1.54, 1.807) is 24.3 Å². The zero-order valence-electron chi connectivity index (χ0n) is 15.9. The maximum atomic E-state index is 12.3. The number of benzene rings is 2. The molecule has 31 heavy (non-hydrogen) atoms. The zero-order valence-corrected chi connectivity index (χ0v) is 15.9. The maximum Gasteiger partial charge on any atom is 0.355 e. The summed E-state index contributed by atoms with van der Waals surface area (Å²) < 4.78 is 5.21. The number of hydrogen-bond donors (Lipinski definition) is 3. The van der Waals surface area contributed by atoms with Gasteiger partial charge in [-0.2, -0.15) is 0 Å². The second kappa shape index (κ2) is 9.13. The van der Waals surface area contributed by atoms with Crippen LogP contribution in [-0.2, 0) is 0 Å². The number of carbonyl (C=O) groups is 1. The summed E-state index contributed by atoms with van der Waals surface area (Å²) in [5.74, 6) is -0.636. The molecule has 2 aromatic carbocycles. The van der Waals surface area contributed by atoms with Gasteiger partial charge in [0.05, 0.1) is 22.6 Å². The van der Waals surface area contributed by atoms with Crippen molar-refractivity contribution in [1.29, 1.82) is 0 Å². The first-order chi connectivity index (χ1) is 14.9. The van der Waals surface area contributed by atoms with Crippen molar-refractivity contribution in [2.24, 2.45) is 0 Å². The Labute approximate surface area is 174 Å². The number of hydrazine groups is 1. The van der Waals surface area contributed by atoms with Crippen LogP contribution >= 0.6 is 0 Å². The van der Waals surface area contributed by atoms with Crippen LogP contribution < -0.4 is 20.9 Å². The minimum Gasteiger partial charge on any atom is -0.495 e. The van der Waals surface area contributed by atoms with E-state index < -0.39 is 21.4 Å². The van der Waals surface area contributed by atoms with Gasteiger partial charge in [0.15, 0.2) is 0 Å². The fraction of sp³-hybridized carbons (Fsp3) is 0.0556. The first-order valence-corrected chi connectivity index (χ1v) is 8.61. The largest absolute Gasteiger partial charge is 0.495 e. The first-order valence-electron chi connectivity index (χ1n) is 8.61. The van der Waals surface area contributed by atoms with Crippen molar-refractivity contribution >= 4 is 34.6 Å². The van der Waals surface area contributed by atoms with Gasteiger partial charge >= 0.3 is 5.69 Å². The van der Waals surface area contributed by atoms with Crippen molar-refractivity contribution in [1.82, 2.24) is 15.4 Å². The maximum absolute atomic E-state index is 12.3. The number of non-ortho nitro benzene ring substituents is 1. The Balaban J connectivity index is 1.81. The number of anilines is 3. The molecule has 1 amide bonds. The second-order valence-electron chi connectivity index (χ2n) is 5.88. The van der Waals surface area contributed by atoms with Crippen molar-refractivity contribution in [2.75, 3.05) is 17.9 Å². The topological polar surface area (TPSA) is 174 Å². The molecule has 0 saturated heterocycles. The summed E-state index contributed by atoms with van der Waals surface area (Å²) in [6.07, 6.45) is 1.07. The Kier molecular flexibility index (Phi) is 6.16. The van der Waals surface area contributed by atoms with E-state index in [0.717, 1.165) is 18.5 Å². The molecule has 0 spiro atoms. The number of ether oxygens (including phenoxy) is 1. The highest BCUT2D eigenvalue weighted by Gasteiger charge is 2.24. The molecule has 3 aromatic rings. The highest BCUT2D eigenvalue weighted by atomic mass is 16.6. The number of para-hydroxylation sites is 2. The lowest BCUT2D eigenvalue weighted by Crippen LogP contribution is -2.30. The number of carbonyl (C=O) groups excluding carboxylic acids is 1. The van der Waals surface area contributed by atoms with Crippen molar-refractivity contribution in [3.8, 4) is 5.75 Å². The van der Waals surface area contributed by atoms with Crippen LogP contribution in [0.25, 0.3) is 0 Å². The predicted molar refractivity (Wildman–Crippen MR) is 109 cm³/mol. The standard InChI is InChI=1S/C18H15N7O6/c1-31-14-5-3-2-4-13(14)21-16-15(25(29)30)17(20-10-19-16)22-23-18(26)11-6-8-12(9-7-11)24(27)28/h2-10H,1H3,(H,23,26)(H2,19,20,21,22). The van der Waals surface area contributed by atoms with Crippen LogP contribution in [0.1, 0.15) is 10.4 Å². The summed E-state index contributed by atoms with van der Waals surface area (Å²) in [5, 5.41) is 25.2. The fourth-order valence-corrected chi connectivity index (χ4v) is 2.53. The molecule has 0 aliphatic carbocycles. The molecule has 0 aliphatic heterocycles. The Morgan fingerprint density at radius 3 is 2.29 bits per heavy atom. The second-order valence-corrected chi connectivity index (χ2v) is 5.88. The van der Waals surface area contributed by atoms with E-state index >= 15 is 0 Å².